The van der Waals surface area contributed by atoms with Crippen molar-refractivity contribution in [2.45, 2.75) is 32.2 Å². The summed E-state index contributed by atoms with van der Waals surface area (Å²) in [6.07, 6.45) is 5.63. The van der Waals surface area contributed by atoms with Crippen LogP contribution in [0.4, 0.5) is 11.4 Å². The topological polar surface area (TPSA) is 72.5 Å². The number of hydrogen-bond acceptors (Lipinski definition) is 5. The van der Waals surface area contributed by atoms with Gasteiger partial charge in [0, 0.05) is 55.0 Å². The molecule has 0 amide bonds. The number of nitrogens with one attached hydrogen (secondary N) is 1. The molecular weight excluding hydrogens is 350 g/mol. The van der Waals surface area contributed by atoms with E-state index in [9.17, 15) is 8.42 Å². The molecule has 142 valence electrons. The maximum Gasteiger partial charge on any atom is 0.211 e. The average Bonchev–Trinajstić information content (AvgIpc) is 3.22. The zero-order valence-corrected chi connectivity index (χ0v) is 16.5. The van der Waals surface area contributed by atoms with Crippen LogP contribution in [0.5, 0.6) is 0 Å². The van der Waals surface area contributed by atoms with E-state index in [0.717, 1.165) is 29.7 Å². The van der Waals surface area contributed by atoms with E-state index >= 15 is 0 Å². The van der Waals surface area contributed by atoms with Crippen molar-refractivity contribution in [3.8, 4) is 0 Å². The van der Waals surface area contributed by atoms with Gasteiger partial charge in [-0.1, -0.05) is 0 Å². The number of nitrogens with zero attached hydrogens (tertiary/aromatic N) is 4. The smallest absolute Gasteiger partial charge is 0.211 e. The zero-order valence-electron chi connectivity index (χ0n) is 15.7. The monoisotopic (exact) mass is 377 g/mol. The SMILES string of the molecule is CC1(C)CN(c2cc(N3CCCC3)cc3[nH]ncc23)CCN1S(C)(=O)=O. The second kappa shape index (κ2) is 6.13. The highest BCUT2D eigenvalue weighted by Crippen LogP contribution is 2.36. The molecule has 0 unspecified atom stereocenters. The Kier molecular flexibility index (Phi) is 4.15. The molecule has 2 aliphatic rings. The number of fused-ring (bicyclic) bond motifs is 1. The Morgan fingerprint density at radius 3 is 2.46 bits per heavy atom. The van der Waals surface area contributed by atoms with Crippen LogP contribution in [-0.4, -0.2) is 67.4 Å². The first-order chi connectivity index (χ1) is 12.3. The molecule has 7 nitrogen and oxygen atoms in total. The summed E-state index contributed by atoms with van der Waals surface area (Å²) >= 11 is 0. The molecule has 0 aliphatic carbocycles. The number of piperazine rings is 1. The highest BCUT2D eigenvalue weighted by atomic mass is 32.2. The van der Waals surface area contributed by atoms with Gasteiger partial charge in [0.2, 0.25) is 10.0 Å². The van der Waals surface area contributed by atoms with Gasteiger partial charge in [0.05, 0.1) is 18.0 Å². The number of aromatic nitrogens is 2. The van der Waals surface area contributed by atoms with Crippen LogP contribution in [0.3, 0.4) is 0 Å². The number of H-pyrrole nitrogens is 1. The molecule has 4 rings (SSSR count). The Morgan fingerprint density at radius 1 is 1.08 bits per heavy atom. The number of rotatable bonds is 3. The van der Waals surface area contributed by atoms with Crippen LogP contribution in [0, 0.1) is 0 Å². The van der Waals surface area contributed by atoms with E-state index in [4.69, 9.17) is 0 Å². The first-order valence-electron chi connectivity index (χ1n) is 9.20. The molecule has 2 fully saturated rings. The summed E-state index contributed by atoms with van der Waals surface area (Å²) in [6.45, 7) is 8.01. The largest absolute Gasteiger partial charge is 0.371 e. The molecule has 1 aromatic heterocycles. The fourth-order valence-corrected chi connectivity index (χ4v) is 5.77. The predicted molar refractivity (Wildman–Crippen MR) is 105 cm³/mol. The summed E-state index contributed by atoms with van der Waals surface area (Å²) in [6, 6.07) is 4.42. The van der Waals surface area contributed by atoms with E-state index in [1.165, 1.54) is 24.8 Å². The van der Waals surface area contributed by atoms with Gasteiger partial charge in [-0.2, -0.15) is 9.40 Å². The molecule has 3 heterocycles. The van der Waals surface area contributed by atoms with Crippen molar-refractivity contribution < 1.29 is 8.42 Å². The minimum Gasteiger partial charge on any atom is -0.371 e. The maximum atomic E-state index is 12.1. The van der Waals surface area contributed by atoms with Crippen molar-refractivity contribution in [1.29, 1.82) is 0 Å². The van der Waals surface area contributed by atoms with Gasteiger partial charge in [0.1, 0.15) is 0 Å². The van der Waals surface area contributed by atoms with Crippen molar-refractivity contribution in [3.05, 3.63) is 18.3 Å². The van der Waals surface area contributed by atoms with E-state index in [1.54, 1.807) is 4.31 Å². The molecule has 0 bridgehead atoms. The van der Waals surface area contributed by atoms with E-state index in [-0.39, 0.29) is 0 Å². The van der Waals surface area contributed by atoms with E-state index in [1.807, 2.05) is 20.0 Å². The Balaban J connectivity index is 1.71. The molecular formula is C18H27N5O2S. The minimum atomic E-state index is -3.21. The van der Waals surface area contributed by atoms with Crippen molar-refractivity contribution in [1.82, 2.24) is 14.5 Å². The molecule has 2 aromatic rings. The quantitative estimate of drug-likeness (QED) is 0.886. The van der Waals surface area contributed by atoms with Crippen LogP contribution < -0.4 is 9.80 Å². The number of sulfonamides is 1. The van der Waals surface area contributed by atoms with Crippen LogP contribution >= 0.6 is 0 Å². The standard InChI is InChI=1S/C18H27N5O2S/c1-18(2)13-22(8-9-23(18)26(3,24)25)17-11-14(21-6-4-5-7-21)10-16-15(17)12-19-20-16/h10-12H,4-9,13H2,1-3H3,(H,19,20). The van der Waals surface area contributed by atoms with Gasteiger partial charge in [0.25, 0.3) is 0 Å². The number of anilines is 2. The van der Waals surface area contributed by atoms with Gasteiger partial charge in [-0.3, -0.25) is 5.10 Å². The lowest BCUT2D eigenvalue weighted by Crippen LogP contribution is -2.60. The lowest BCUT2D eigenvalue weighted by Gasteiger charge is -2.46. The fraction of sp³-hybridized carbons (Fsp3) is 0.611. The van der Waals surface area contributed by atoms with Crippen LogP contribution in [-0.2, 0) is 10.0 Å². The van der Waals surface area contributed by atoms with Crippen LogP contribution in [0.2, 0.25) is 0 Å². The van der Waals surface area contributed by atoms with Gasteiger partial charge >= 0.3 is 0 Å². The fourth-order valence-electron chi connectivity index (χ4n) is 4.40. The maximum absolute atomic E-state index is 12.1. The van der Waals surface area contributed by atoms with Crippen molar-refractivity contribution >= 4 is 32.3 Å². The first-order valence-corrected chi connectivity index (χ1v) is 11.1. The number of hydrogen-bond donors (Lipinski definition) is 1. The van der Waals surface area contributed by atoms with Gasteiger partial charge in [-0.15, -0.1) is 0 Å². The molecule has 0 radical (unpaired) electrons. The second-order valence-corrected chi connectivity index (χ2v) is 9.97. The average molecular weight is 378 g/mol. The first kappa shape index (κ1) is 17.6. The zero-order chi connectivity index (χ0) is 18.5. The highest BCUT2D eigenvalue weighted by molar-refractivity contribution is 7.88. The summed E-state index contributed by atoms with van der Waals surface area (Å²) in [5, 5.41) is 8.44. The third kappa shape index (κ3) is 3.05. The molecule has 26 heavy (non-hydrogen) atoms. The van der Waals surface area contributed by atoms with E-state index in [0.29, 0.717) is 19.6 Å². The molecule has 8 heteroatoms. The molecule has 0 atom stereocenters. The van der Waals surface area contributed by atoms with Crippen molar-refractivity contribution in [2.24, 2.45) is 0 Å². The molecule has 2 saturated heterocycles. The molecule has 0 saturated carbocycles. The number of aromatic amines is 1. The summed E-state index contributed by atoms with van der Waals surface area (Å²) in [4.78, 5) is 4.72. The van der Waals surface area contributed by atoms with Crippen LogP contribution in [0.15, 0.2) is 18.3 Å². The van der Waals surface area contributed by atoms with E-state index in [2.05, 4.69) is 32.1 Å². The van der Waals surface area contributed by atoms with E-state index < -0.39 is 15.6 Å². The van der Waals surface area contributed by atoms with Crippen molar-refractivity contribution in [2.75, 3.05) is 48.8 Å². The third-order valence-corrected chi connectivity index (χ3v) is 7.04. The van der Waals surface area contributed by atoms with Crippen LogP contribution in [0.1, 0.15) is 26.7 Å². The van der Waals surface area contributed by atoms with Gasteiger partial charge < -0.3 is 9.80 Å². The summed E-state index contributed by atoms with van der Waals surface area (Å²) in [5.74, 6) is 0. The predicted octanol–water partition coefficient (Wildman–Crippen LogP) is 2.02. The molecule has 1 aromatic carbocycles. The number of benzene rings is 1. The Labute approximate surface area is 155 Å². The second-order valence-electron chi connectivity index (χ2n) is 8.06. The summed E-state index contributed by atoms with van der Waals surface area (Å²) in [5.41, 5.74) is 2.94. The van der Waals surface area contributed by atoms with Gasteiger partial charge in [0.15, 0.2) is 0 Å². The molecule has 0 spiro atoms. The lowest BCUT2D eigenvalue weighted by atomic mass is 10.0. The molecule has 1 N–H and O–H groups in total. The van der Waals surface area contributed by atoms with Crippen molar-refractivity contribution in [3.63, 3.8) is 0 Å². The third-order valence-electron chi connectivity index (χ3n) is 5.56. The summed E-state index contributed by atoms with van der Waals surface area (Å²) in [7, 11) is -3.21. The van der Waals surface area contributed by atoms with Gasteiger partial charge in [-0.05, 0) is 38.8 Å². The normalized spacial score (nSPS) is 21.7. The Morgan fingerprint density at radius 2 is 1.81 bits per heavy atom. The highest BCUT2D eigenvalue weighted by Gasteiger charge is 2.39. The summed E-state index contributed by atoms with van der Waals surface area (Å²) < 4.78 is 25.9. The minimum absolute atomic E-state index is 0.453. The van der Waals surface area contributed by atoms with Crippen LogP contribution in [0.25, 0.3) is 10.9 Å². The van der Waals surface area contributed by atoms with Gasteiger partial charge in [-0.25, -0.2) is 8.42 Å². The Hall–Kier alpha value is -1.80. The Bertz CT molecular complexity index is 915. The molecule has 2 aliphatic heterocycles. The lowest BCUT2D eigenvalue weighted by molar-refractivity contribution is 0.206.